The molecule has 4 atom stereocenters. The van der Waals surface area contributed by atoms with Gasteiger partial charge in [-0.15, -0.1) is 0 Å². The van der Waals surface area contributed by atoms with E-state index in [2.05, 4.69) is 30.4 Å². The molecular formula is C18H25NO2. The van der Waals surface area contributed by atoms with Crippen LogP contribution in [0.4, 0.5) is 0 Å². The molecule has 1 aromatic rings. The number of hydrogen-bond donors (Lipinski definition) is 1. The number of ether oxygens (including phenoxy) is 2. The minimum Gasteiger partial charge on any atom is -0.497 e. The second kappa shape index (κ2) is 4.99. The highest BCUT2D eigenvalue weighted by Gasteiger charge is 2.47. The van der Waals surface area contributed by atoms with Crippen LogP contribution in [0.5, 0.6) is 5.75 Å². The van der Waals surface area contributed by atoms with Crippen LogP contribution in [0.15, 0.2) is 18.2 Å². The molecule has 2 fully saturated rings. The summed E-state index contributed by atoms with van der Waals surface area (Å²) in [6.07, 6.45) is 6.33. The van der Waals surface area contributed by atoms with E-state index < -0.39 is 0 Å². The molecule has 2 aliphatic carbocycles. The fourth-order valence-corrected chi connectivity index (χ4v) is 4.54. The Balaban J connectivity index is 1.63. The maximum Gasteiger partial charge on any atom is 0.119 e. The van der Waals surface area contributed by atoms with E-state index in [0.717, 1.165) is 24.6 Å². The van der Waals surface area contributed by atoms with E-state index in [-0.39, 0.29) is 11.7 Å². The summed E-state index contributed by atoms with van der Waals surface area (Å²) in [5, 5.41) is 3.78. The molecule has 0 radical (unpaired) electrons. The molecule has 4 unspecified atom stereocenters. The van der Waals surface area contributed by atoms with Crippen molar-refractivity contribution in [3.8, 4) is 5.75 Å². The van der Waals surface area contributed by atoms with Gasteiger partial charge in [-0.2, -0.15) is 0 Å². The molecular weight excluding hydrogens is 262 g/mol. The molecule has 1 saturated heterocycles. The molecule has 1 spiro atoms. The predicted octanol–water partition coefficient (Wildman–Crippen LogP) is 3.23. The van der Waals surface area contributed by atoms with Crippen molar-refractivity contribution in [1.29, 1.82) is 0 Å². The third-order valence-corrected chi connectivity index (χ3v) is 5.58. The first-order valence-electron chi connectivity index (χ1n) is 8.27. The minimum absolute atomic E-state index is 0.0590. The van der Waals surface area contributed by atoms with E-state index in [9.17, 15) is 0 Å². The van der Waals surface area contributed by atoms with Crippen LogP contribution in [0.2, 0.25) is 0 Å². The zero-order valence-corrected chi connectivity index (χ0v) is 13.0. The first kappa shape index (κ1) is 13.6. The van der Waals surface area contributed by atoms with Gasteiger partial charge in [0.2, 0.25) is 0 Å². The van der Waals surface area contributed by atoms with Crippen LogP contribution in [0.1, 0.15) is 49.8 Å². The van der Waals surface area contributed by atoms with Crippen LogP contribution in [0.25, 0.3) is 0 Å². The van der Waals surface area contributed by atoms with Crippen LogP contribution in [-0.2, 0) is 11.2 Å². The monoisotopic (exact) mass is 287 g/mol. The third kappa shape index (κ3) is 2.27. The molecule has 3 nitrogen and oxygen atoms in total. The molecule has 1 N–H and O–H groups in total. The van der Waals surface area contributed by atoms with E-state index in [1.165, 1.54) is 36.8 Å². The number of benzene rings is 1. The fraction of sp³-hybridized carbons (Fsp3) is 0.667. The van der Waals surface area contributed by atoms with Gasteiger partial charge in [0.05, 0.1) is 18.8 Å². The van der Waals surface area contributed by atoms with Gasteiger partial charge in [-0.1, -0.05) is 25.8 Å². The molecule has 1 heterocycles. The number of morpholine rings is 1. The van der Waals surface area contributed by atoms with Gasteiger partial charge in [0.15, 0.2) is 0 Å². The van der Waals surface area contributed by atoms with Gasteiger partial charge < -0.3 is 14.8 Å². The number of rotatable bonds is 1. The number of methoxy groups -OCH3 is 1. The number of hydrogen-bond acceptors (Lipinski definition) is 3. The Morgan fingerprint density at radius 1 is 1.38 bits per heavy atom. The van der Waals surface area contributed by atoms with E-state index in [1.54, 1.807) is 7.11 Å². The lowest BCUT2D eigenvalue weighted by molar-refractivity contribution is -0.156. The maximum atomic E-state index is 6.72. The summed E-state index contributed by atoms with van der Waals surface area (Å²) in [4.78, 5) is 0. The second-order valence-corrected chi connectivity index (χ2v) is 7.18. The molecule has 3 heteroatoms. The Morgan fingerprint density at radius 3 is 3.10 bits per heavy atom. The lowest BCUT2D eigenvalue weighted by Gasteiger charge is -2.47. The smallest absolute Gasteiger partial charge is 0.119 e. The Bertz CT molecular complexity index is 544. The van der Waals surface area contributed by atoms with Crippen molar-refractivity contribution in [1.82, 2.24) is 5.32 Å². The minimum atomic E-state index is 0.0590. The molecule has 0 bridgehead atoms. The maximum absolute atomic E-state index is 6.72. The lowest BCUT2D eigenvalue weighted by Crippen LogP contribution is -2.56. The largest absolute Gasteiger partial charge is 0.497 e. The summed E-state index contributed by atoms with van der Waals surface area (Å²) in [6.45, 7) is 3.38. The highest BCUT2D eigenvalue weighted by Crippen LogP contribution is 2.46. The van der Waals surface area contributed by atoms with Crippen molar-refractivity contribution in [3.63, 3.8) is 0 Å². The number of nitrogens with one attached hydrogen (secondary N) is 1. The van der Waals surface area contributed by atoms with Crippen LogP contribution < -0.4 is 10.1 Å². The summed E-state index contributed by atoms with van der Waals surface area (Å²) in [5.74, 6) is 1.72. The van der Waals surface area contributed by atoms with Crippen LogP contribution in [0.3, 0.4) is 0 Å². The zero-order chi connectivity index (χ0) is 14.4. The molecule has 1 aliphatic heterocycles. The van der Waals surface area contributed by atoms with Gasteiger partial charge in [0, 0.05) is 12.6 Å². The lowest BCUT2D eigenvalue weighted by atomic mass is 9.77. The van der Waals surface area contributed by atoms with Crippen molar-refractivity contribution in [2.75, 3.05) is 13.7 Å². The van der Waals surface area contributed by atoms with E-state index in [4.69, 9.17) is 9.47 Å². The average Bonchev–Trinajstić information content (AvgIpc) is 2.84. The summed E-state index contributed by atoms with van der Waals surface area (Å²) < 4.78 is 12.1. The Morgan fingerprint density at radius 2 is 2.29 bits per heavy atom. The van der Waals surface area contributed by atoms with Crippen molar-refractivity contribution >= 4 is 0 Å². The summed E-state index contributed by atoms with van der Waals surface area (Å²) in [6, 6.07) is 6.88. The SMILES string of the molecule is COc1ccc2c(c1)C1OC3(CCCC(C)C3)CNC1C2. The summed E-state index contributed by atoms with van der Waals surface area (Å²) in [5.41, 5.74) is 2.81. The van der Waals surface area contributed by atoms with E-state index in [0.29, 0.717) is 6.04 Å². The summed E-state index contributed by atoms with van der Waals surface area (Å²) >= 11 is 0. The molecule has 3 aliphatic rings. The number of fused-ring (bicyclic) bond motifs is 3. The van der Waals surface area contributed by atoms with Gasteiger partial charge in [-0.25, -0.2) is 0 Å². The van der Waals surface area contributed by atoms with Gasteiger partial charge in [-0.05, 0) is 48.4 Å². The van der Waals surface area contributed by atoms with Crippen molar-refractivity contribution in [2.45, 2.75) is 56.8 Å². The molecule has 1 saturated carbocycles. The Kier molecular flexibility index (Phi) is 3.23. The van der Waals surface area contributed by atoms with Gasteiger partial charge in [0.25, 0.3) is 0 Å². The summed E-state index contributed by atoms with van der Waals surface area (Å²) in [7, 11) is 1.73. The zero-order valence-electron chi connectivity index (χ0n) is 13.0. The van der Waals surface area contributed by atoms with Crippen molar-refractivity contribution < 1.29 is 9.47 Å². The van der Waals surface area contributed by atoms with E-state index in [1.807, 2.05) is 0 Å². The molecule has 114 valence electrons. The van der Waals surface area contributed by atoms with Crippen molar-refractivity contribution in [3.05, 3.63) is 29.3 Å². The normalized spacial score (nSPS) is 38.1. The fourth-order valence-electron chi connectivity index (χ4n) is 4.54. The molecule has 0 amide bonds. The molecule has 21 heavy (non-hydrogen) atoms. The molecule has 4 rings (SSSR count). The van der Waals surface area contributed by atoms with Gasteiger partial charge in [-0.3, -0.25) is 0 Å². The first-order chi connectivity index (χ1) is 10.2. The van der Waals surface area contributed by atoms with Gasteiger partial charge >= 0.3 is 0 Å². The quantitative estimate of drug-likeness (QED) is 0.860. The Labute approximate surface area is 127 Å². The second-order valence-electron chi connectivity index (χ2n) is 7.18. The van der Waals surface area contributed by atoms with Crippen LogP contribution in [-0.4, -0.2) is 25.3 Å². The van der Waals surface area contributed by atoms with Crippen LogP contribution in [0, 0.1) is 5.92 Å². The van der Waals surface area contributed by atoms with Crippen LogP contribution >= 0.6 is 0 Å². The Hall–Kier alpha value is -1.06. The molecule has 1 aromatic carbocycles. The molecule has 0 aromatic heterocycles. The topological polar surface area (TPSA) is 30.5 Å². The van der Waals surface area contributed by atoms with Crippen molar-refractivity contribution in [2.24, 2.45) is 5.92 Å². The van der Waals surface area contributed by atoms with Gasteiger partial charge in [0.1, 0.15) is 5.75 Å². The standard InChI is InChI=1S/C18H25NO2/c1-12-4-3-7-18(10-12)11-19-16-8-13-5-6-14(20-2)9-15(13)17(16)21-18/h5-6,9,12,16-17,19H,3-4,7-8,10-11H2,1-2H3. The first-order valence-corrected chi connectivity index (χ1v) is 8.27. The third-order valence-electron chi connectivity index (χ3n) is 5.58. The van der Waals surface area contributed by atoms with E-state index >= 15 is 0 Å². The average molecular weight is 287 g/mol. The highest BCUT2D eigenvalue weighted by molar-refractivity contribution is 5.42. The highest BCUT2D eigenvalue weighted by atomic mass is 16.5. The predicted molar refractivity (Wildman–Crippen MR) is 82.7 cm³/mol.